The average Bonchev–Trinajstić information content (AvgIpc) is 3.04. The third-order valence-electron chi connectivity index (χ3n) is 5.15. The van der Waals surface area contributed by atoms with Crippen LogP contribution in [0, 0.1) is 20.8 Å². The van der Waals surface area contributed by atoms with Crippen LogP contribution in [0.3, 0.4) is 0 Å². The number of fused-ring (bicyclic) bond motifs is 1. The highest BCUT2D eigenvalue weighted by Gasteiger charge is 2.30. The summed E-state index contributed by atoms with van der Waals surface area (Å²) in [5, 5.41) is 10.2. The van der Waals surface area contributed by atoms with E-state index in [1.54, 1.807) is 17.8 Å². The van der Waals surface area contributed by atoms with Crippen LogP contribution in [0.2, 0.25) is 0 Å². The highest BCUT2D eigenvalue weighted by Crippen LogP contribution is 2.31. The fraction of sp³-hybridized carbons (Fsp3) is 0.280. The molecule has 5 nitrogen and oxygen atoms in total. The number of carboxylic acid groups (broad SMARTS) is 1. The van der Waals surface area contributed by atoms with Gasteiger partial charge in [-0.15, -0.1) is 11.8 Å². The topological polar surface area (TPSA) is 76.7 Å². The second kappa shape index (κ2) is 8.63. The van der Waals surface area contributed by atoms with Gasteiger partial charge in [-0.1, -0.05) is 6.08 Å². The molecule has 2 aromatic carbocycles. The molecule has 0 bridgehead atoms. The van der Waals surface area contributed by atoms with E-state index in [9.17, 15) is 14.7 Å². The lowest BCUT2D eigenvalue weighted by atomic mass is 10.0. The first-order valence-corrected chi connectivity index (χ1v) is 11.1. The van der Waals surface area contributed by atoms with Gasteiger partial charge in [0.05, 0.1) is 0 Å². The Kier molecular flexibility index (Phi) is 6.32. The highest BCUT2D eigenvalue weighted by molar-refractivity contribution is 7.98. The number of carbonyl (C=O) groups is 2. The van der Waals surface area contributed by atoms with Crippen LogP contribution in [0.1, 0.15) is 46.7 Å². The maximum Gasteiger partial charge on any atom is 0.347 e. The minimum absolute atomic E-state index is 0.206. The van der Waals surface area contributed by atoms with Crippen molar-refractivity contribution in [2.45, 2.75) is 45.1 Å². The molecule has 0 atom stereocenters. The number of aryl methyl sites for hydroxylation is 3. The van der Waals surface area contributed by atoms with Gasteiger partial charge in [0.25, 0.3) is 0 Å². The summed E-state index contributed by atoms with van der Waals surface area (Å²) in [6.07, 6.45) is 5.22. The monoisotopic (exact) mass is 438 g/mol. The molecule has 31 heavy (non-hydrogen) atoms. The van der Waals surface area contributed by atoms with Crippen molar-refractivity contribution in [3.8, 4) is 5.75 Å². The number of hydrogen-bond donors (Lipinski definition) is 1. The number of thioether (sulfide) groups is 1. The zero-order valence-electron chi connectivity index (χ0n) is 18.5. The zero-order valence-corrected chi connectivity index (χ0v) is 19.3. The molecule has 3 rings (SSSR count). The number of ether oxygens (including phenoxy) is 1. The summed E-state index contributed by atoms with van der Waals surface area (Å²) < 4.78 is 11.6. The van der Waals surface area contributed by atoms with E-state index in [-0.39, 0.29) is 5.78 Å². The van der Waals surface area contributed by atoms with Gasteiger partial charge in [0.1, 0.15) is 11.3 Å². The van der Waals surface area contributed by atoms with Crippen LogP contribution in [-0.4, -0.2) is 28.7 Å². The molecule has 0 aliphatic rings. The molecule has 0 unspecified atom stereocenters. The molecule has 0 aliphatic heterocycles. The molecular formula is C25H26O5S. The van der Waals surface area contributed by atoms with Gasteiger partial charge in [-0.3, -0.25) is 4.79 Å². The number of aliphatic carboxylic acids is 1. The lowest BCUT2D eigenvalue weighted by Gasteiger charge is -2.24. The second-order valence-electron chi connectivity index (χ2n) is 8.02. The molecule has 1 heterocycles. The average molecular weight is 439 g/mol. The SMILES string of the molecule is CSc1ccc2c(C)c(C(=O)/C=C/c3cc(C)c(OC(C)(C)C(=O)O)c(C)c3)oc2c1. The fourth-order valence-corrected chi connectivity index (χ4v) is 3.78. The number of allylic oxidation sites excluding steroid dienone is 1. The Morgan fingerprint density at radius 3 is 2.32 bits per heavy atom. The molecular weight excluding hydrogens is 412 g/mol. The van der Waals surface area contributed by atoms with E-state index in [2.05, 4.69) is 0 Å². The molecule has 162 valence electrons. The van der Waals surface area contributed by atoms with Crippen LogP contribution in [0.5, 0.6) is 5.75 Å². The summed E-state index contributed by atoms with van der Waals surface area (Å²) >= 11 is 1.62. The molecule has 1 N–H and O–H groups in total. The maximum absolute atomic E-state index is 12.8. The third-order valence-corrected chi connectivity index (χ3v) is 5.88. The minimum atomic E-state index is -1.34. The summed E-state index contributed by atoms with van der Waals surface area (Å²) in [5.41, 5.74) is 2.61. The van der Waals surface area contributed by atoms with Crippen molar-refractivity contribution in [2.24, 2.45) is 0 Å². The largest absolute Gasteiger partial charge is 0.478 e. The van der Waals surface area contributed by atoms with E-state index in [0.717, 1.165) is 32.5 Å². The predicted molar refractivity (Wildman–Crippen MR) is 124 cm³/mol. The minimum Gasteiger partial charge on any atom is -0.478 e. The van der Waals surface area contributed by atoms with Crippen molar-refractivity contribution < 1.29 is 23.8 Å². The van der Waals surface area contributed by atoms with Crippen LogP contribution in [0.15, 0.2) is 45.7 Å². The maximum atomic E-state index is 12.8. The lowest BCUT2D eigenvalue weighted by molar-refractivity contribution is -0.152. The summed E-state index contributed by atoms with van der Waals surface area (Å²) in [6.45, 7) is 8.62. The molecule has 0 amide bonds. The fourth-order valence-electron chi connectivity index (χ4n) is 3.36. The first kappa shape index (κ1) is 22.7. The second-order valence-corrected chi connectivity index (χ2v) is 8.90. The van der Waals surface area contributed by atoms with E-state index < -0.39 is 11.6 Å². The molecule has 3 aromatic rings. The Morgan fingerprint density at radius 1 is 1.10 bits per heavy atom. The number of carboxylic acids is 1. The number of ketones is 1. The number of rotatable bonds is 7. The van der Waals surface area contributed by atoms with E-state index in [1.807, 2.05) is 57.4 Å². The van der Waals surface area contributed by atoms with Gasteiger partial charge < -0.3 is 14.3 Å². The summed E-state index contributed by atoms with van der Waals surface area (Å²) in [6, 6.07) is 9.66. The smallest absolute Gasteiger partial charge is 0.347 e. The summed E-state index contributed by atoms with van der Waals surface area (Å²) in [5.74, 6) is -0.372. The molecule has 0 saturated heterocycles. The van der Waals surface area contributed by atoms with E-state index in [1.165, 1.54) is 19.9 Å². The first-order valence-electron chi connectivity index (χ1n) is 9.86. The number of hydrogen-bond acceptors (Lipinski definition) is 5. The van der Waals surface area contributed by atoms with Crippen molar-refractivity contribution >= 4 is 40.6 Å². The molecule has 0 spiro atoms. The van der Waals surface area contributed by atoms with Gasteiger partial charge in [-0.2, -0.15) is 0 Å². The Labute approximate surface area is 186 Å². The molecule has 0 fully saturated rings. The van der Waals surface area contributed by atoms with Gasteiger partial charge in [0.2, 0.25) is 5.78 Å². The van der Waals surface area contributed by atoms with Gasteiger partial charge in [0, 0.05) is 15.8 Å². The number of carbonyl (C=O) groups excluding carboxylic acids is 1. The Morgan fingerprint density at radius 2 is 1.74 bits per heavy atom. The highest BCUT2D eigenvalue weighted by atomic mass is 32.2. The van der Waals surface area contributed by atoms with Crippen molar-refractivity contribution in [2.75, 3.05) is 6.26 Å². The van der Waals surface area contributed by atoms with Crippen LogP contribution in [-0.2, 0) is 4.79 Å². The van der Waals surface area contributed by atoms with Crippen LogP contribution < -0.4 is 4.74 Å². The number of benzene rings is 2. The van der Waals surface area contributed by atoms with Crippen LogP contribution >= 0.6 is 11.8 Å². The number of furan rings is 1. The summed E-state index contributed by atoms with van der Waals surface area (Å²) in [4.78, 5) is 25.2. The summed E-state index contributed by atoms with van der Waals surface area (Å²) in [7, 11) is 0. The first-order chi connectivity index (χ1) is 14.5. The van der Waals surface area contributed by atoms with E-state index in [4.69, 9.17) is 9.15 Å². The normalized spacial score (nSPS) is 11.9. The Hall–Kier alpha value is -2.99. The van der Waals surface area contributed by atoms with Gasteiger partial charge >= 0.3 is 5.97 Å². The molecule has 6 heteroatoms. The lowest BCUT2D eigenvalue weighted by Crippen LogP contribution is -2.38. The molecule has 1 aromatic heterocycles. The van der Waals surface area contributed by atoms with Crippen LogP contribution in [0.25, 0.3) is 17.0 Å². The standard InChI is InChI=1S/C25H26O5S/c1-14-11-17(12-15(2)22(14)30-25(4,5)24(27)28)7-10-20(26)23-16(3)19-9-8-18(31-6)13-21(19)29-23/h7-13H,1-6H3,(H,27,28)/b10-7+. The Bertz CT molecular complexity index is 1180. The third kappa shape index (κ3) is 4.69. The van der Waals surface area contributed by atoms with E-state index >= 15 is 0 Å². The Balaban J connectivity index is 1.86. The molecule has 0 aliphatic carbocycles. The van der Waals surface area contributed by atoms with Crippen LogP contribution in [0.4, 0.5) is 0 Å². The van der Waals surface area contributed by atoms with Gasteiger partial charge in [-0.05, 0) is 94.0 Å². The van der Waals surface area contributed by atoms with Gasteiger partial charge in [-0.25, -0.2) is 4.79 Å². The van der Waals surface area contributed by atoms with Crippen molar-refractivity contribution in [3.63, 3.8) is 0 Å². The van der Waals surface area contributed by atoms with Gasteiger partial charge in [0.15, 0.2) is 11.4 Å². The van der Waals surface area contributed by atoms with Crippen molar-refractivity contribution in [1.82, 2.24) is 0 Å². The van der Waals surface area contributed by atoms with Crippen molar-refractivity contribution in [1.29, 1.82) is 0 Å². The van der Waals surface area contributed by atoms with Crippen molar-refractivity contribution in [3.05, 3.63) is 64.4 Å². The zero-order chi connectivity index (χ0) is 22.9. The quantitative estimate of drug-likeness (QED) is 0.268. The molecule has 0 radical (unpaired) electrons. The molecule has 0 saturated carbocycles. The van der Waals surface area contributed by atoms with E-state index in [0.29, 0.717) is 17.1 Å². The predicted octanol–water partition coefficient (Wildman–Crippen LogP) is 6.22.